The number of aliphatic imine (C=N–C) groups is 1. The van der Waals surface area contributed by atoms with Crippen molar-refractivity contribution < 1.29 is 4.79 Å². The first-order valence-corrected chi connectivity index (χ1v) is 8.08. The fraction of sp³-hybridized carbons (Fsp3) is 0.765. The monoisotopic (exact) mass is 272 g/mol. The van der Waals surface area contributed by atoms with Crippen molar-refractivity contribution in [2.45, 2.75) is 45.1 Å². The van der Waals surface area contributed by atoms with Gasteiger partial charge < -0.3 is 4.90 Å². The maximum atomic E-state index is 12.7. The van der Waals surface area contributed by atoms with Gasteiger partial charge in [-0.25, -0.2) is 0 Å². The molecular weight excluding hydrogens is 248 g/mol. The molecule has 4 aliphatic rings. The molecule has 20 heavy (non-hydrogen) atoms. The van der Waals surface area contributed by atoms with Crippen molar-refractivity contribution in [1.29, 1.82) is 0 Å². The van der Waals surface area contributed by atoms with Crippen molar-refractivity contribution >= 4 is 11.5 Å². The van der Waals surface area contributed by atoms with Crippen LogP contribution in [0.4, 0.5) is 0 Å². The van der Waals surface area contributed by atoms with Crippen LogP contribution < -0.4 is 0 Å². The predicted octanol–water partition coefficient (Wildman–Crippen LogP) is 2.47. The zero-order valence-corrected chi connectivity index (χ0v) is 12.6. The van der Waals surface area contributed by atoms with Crippen molar-refractivity contribution in [2.24, 2.45) is 22.2 Å². The molecule has 0 aromatic rings. The first-order chi connectivity index (χ1) is 9.61. The summed E-state index contributed by atoms with van der Waals surface area (Å²) in [5.41, 5.74) is 2.83. The van der Waals surface area contributed by atoms with Gasteiger partial charge in [0.25, 0.3) is 0 Å². The van der Waals surface area contributed by atoms with Crippen LogP contribution in [-0.4, -0.2) is 42.6 Å². The average Bonchev–Trinajstić information content (AvgIpc) is 2.86. The highest BCUT2D eigenvalue weighted by Crippen LogP contribution is 2.60. The van der Waals surface area contributed by atoms with Crippen molar-refractivity contribution in [3.8, 4) is 0 Å². The lowest BCUT2D eigenvalue weighted by molar-refractivity contribution is -0.122. The van der Waals surface area contributed by atoms with Crippen molar-refractivity contribution in [1.82, 2.24) is 4.90 Å². The molecule has 0 N–H and O–H groups in total. The van der Waals surface area contributed by atoms with Crippen molar-refractivity contribution in [2.75, 3.05) is 20.1 Å². The van der Waals surface area contributed by atoms with Gasteiger partial charge in [0.05, 0.1) is 12.0 Å². The van der Waals surface area contributed by atoms with Crippen molar-refractivity contribution in [3.63, 3.8) is 0 Å². The Bertz CT molecular complexity index is 521. The minimum atomic E-state index is 0.118. The van der Waals surface area contributed by atoms with Gasteiger partial charge in [-0.3, -0.25) is 9.79 Å². The molecule has 2 bridgehead atoms. The summed E-state index contributed by atoms with van der Waals surface area (Å²) >= 11 is 0. The fourth-order valence-electron chi connectivity index (χ4n) is 5.32. The highest BCUT2D eigenvalue weighted by molar-refractivity contribution is 6.09. The van der Waals surface area contributed by atoms with E-state index in [9.17, 15) is 4.79 Å². The summed E-state index contributed by atoms with van der Waals surface area (Å²) in [6.07, 6.45) is 7.66. The molecule has 0 amide bonds. The molecule has 1 saturated carbocycles. The summed E-state index contributed by atoms with van der Waals surface area (Å²) in [4.78, 5) is 20.1. The first kappa shape index (κ1) is 12.8. The molecule has 0 aromatic heterocycles. The van der Waals surface area contributed by atoms with Crippen LogP contribution in [0.5, 0.6) is 0 Å². The molecular formula is C17H24N2O. The zero-order chi connectivity index (χ0) is 13.9. The molecule has 2 aliphatic carbocycles. The zero-order valence-electron chi connectivity index (χ0n) is 12.6. The number of hydrogen-bond acceptors (Lipinski definition) is 3. The number of allylic oxidation sites excluding steroid dienone is 2. The molecule has 4 rings (SSSR count). The number of nitrogens with zero attached hydrogens (tertiary/aromatic N) is 2. The molecule has 1 spiro atoms. The Balaban J connectivity index is 1.82. The van der Waals surface area contributed by atoms with Gasteiger partial charge in [0.2, 0.25) is 0 Å². The van der Waals surface area contributed by atoms with E-state index in [1.165, 1.54) is 17.7 Å². The largest absolute Gasteiger partial charge is 0.306 e. The number of hydrogen-bond donors (Lipinski definition) is 0. The fourth-order valence-corrected chi connectivity index (χ4v) is 5.32. The Kier molecular flexibility index (Phi) is 2.72. The second-order valence-electron chi connectivity index (χ2n) is 7.36. The third-order valence-corrected chi connectivity index (χ3v) is 6.13. The molecule has 3 nitrogen and oxygen atoms in total. The van der Waals surface area contributed by atoms with E-state index in [1.54, 1.807) is 0 Å². The van der Waals surface area contributed by atoms with Gasteiger partial charge in [-0.15, -0.1) is 0 Å². The van der Waals surface area contributed by atoms with Crippen LogP contribution in [-0.2, 0) is 4.79 Å². The van der Waals surface area contributed by atoms with Crippen LogP contribution >= 0.6 is 0 Å². The highest BCUT2D eigenvalue weighted by atomic mass is 16.1. The Morgan fingerprint density at radius 3 is 3.05 bits per heavy atom. The lowest BCUT2D eigenvalue weighted by atomic mass is 9.62. The van der Waals surface area contributed by atoms with E-state index in [2.05, 4.69) is 24.9 Å². The maximum Gasteiger partial charge on any atom is 0.139 e. The van der Waals surface area contributed by atoms with Gasteiger partial charge in [0.1, 0.15) is 5.78 Å². The second-order valence-corrected chi connectivity index (χ2v) is 7.36. The van der Waals surface area contributed by atoms with Gasteiger partial charge in [-0.2, -0.15) is 0 Å². The number of ketones is 1. The lowest BCUT2D eigenvalue weighted by Gasteiger charge is -2.39. The quantitative estimate of drug-likeness (QED) is 0.678. The lowest BCUT2D eigenvalue weighted by Crippen LogP contribution is -2.41. The summed E-state index contributed by atoms with van der Waals surface area (Å²) < 4.78 is 0. The second kappa shape index (κ2) is 4.27. The molecule has 3 unspecified atom stereocenters. The van der Waals surface area contributed by atoms with E-state index in [4.69, 9.17) is 4.99 Å². The third kappa shape index (κ3) is 1.56. The van der Waals surface area contributed by atoms with Crippen LogP contribution in [0.25, 0.3) is 0 Å². The predicted molar refractivity (Wildman–Crippen MR) is 80.0 cm³/mol. The smallest absolute Gasteiger partial charge is 0.139 e. The van der Waals surface area contributed by atoms with Gasteiger partial charge >= 0.3 is 0 Å². The first-order valence-electron chi connectivity index (χ1n) is 8.08. The summed E-state index contributed by atoms with van der Waals surface area (Å²) in [7, 11) is 2.20. The number of carbonyl (C=O) groups is 1. The molecule has 3 heteroatoms. The normalized spacial score (nSPS) is 44.3. The molecule has 2 heterocycles. The standard InChI is InChI=1S/C17H24N2O/c1-11-8-12-10-14(20)16-13-4-7-19(2)6-3-5-17(12,16)15(9-11)18-13/h9,12-13,16H,3-8,10H2,1-2H3/t12-,13?,16?,17?/m0/s1. The van der Waals surface area contributed by atoms with Crippen LogP contribution in [0.3, 0.4) is 0 Å². The number of rotatable bonds is 0. The summed E-state index contributed by atoms with van der Waals surface area (Å²) in [5, 5.41) is 0. The molecule has 0 radical (unpaired) electrons. The SMILES string of the molecule is CC1=CC2=NC3CCN(C)CCCC24C3C(=O)C[C@@H]4C1. The summed E-state index contributed by atoms with van der Waals surface area (Å²) in [5.74, 6) is 1.25. The van der Waals surface area contributed by atoms with Crippen LogP contribution in [0.15, 0.2) is 16.6 Å². The van der Waals surface area contributed by atoms with Gasteiger partial charge in [-0.05, 0) is 64.7 Å². The van der Waals surface area contributed by atoms with Gasteiger partial charge in [0, 0.05) is 17.5 Å². The Morgan fingerprint density at radius 2 is 2.20 bits per heavy atom. The van der Waals surface area contributed by atoms with Crippen LogP contribution in [0.1, 0.15) is 39.0 Å². The maximum absolute atomic E-state index is 12.7. The Hall–Kier alpha value is -0.960. The molecule has 0 aromatic carbocycles. The topological polar surface area (TPSA) is 32.7 Å². The highest BCUT2D eigenvalue weighted by Gasteiger charge is 2.63. The molecule has 1 saturated heterocycles. The van der Waals surface area contributed by atoms with Gasteiger partial charge in [0.15, 0.2) is 0 Å². The summed E-state index contributed by atoms with van der Waals surface area (Å²) in [6.45, 7) is 4.45. The minimum absolute atomic E-state index is 0.118. The van der Waals surface area contributed by atoms with E-state index >= 15 is 0 Å². The van der Waals surface area contributed by atoms with E-state index < -0.39 is 0 Å². The van der Waals surface area contributed by atoms with Crippen molar-refractivity contribution in [3.05, 3.63) is 11.6 Å². The average molecular weight is 272 g/mol. The molecule has 2 aliphatic heterocycles. The van der Waals surface area contributed by atoms with E-state index in [0.29, 0.717) is 11.7 Å². The molecule has 2 fully saturated rings. The van der Waals surface area contributed by atoms with Crippen LogP contribution in [0, 0.1) is 17.3 Å². The third-order valence-electron chi connectivity index (χ3n) is 6.13. The molecule has 108 valence electrons. The number of Topliss-reactive ketones (excluding diaryl/α,β-unsaturated/α-hetero) is 1. The number of carbonyl (C=O) groups excluding carboxylic acids is 1. The Labute approximate surface area is 121 Å². The van der Waals surface area contributed by atoms with E-state index in [-0.39, 0.29) is 17.4 Å². The van der Waals surface area contributed by atoms with Gasteiger partial charge in [-0.1, -0.05) is 5.57 Å². The summed E-state index contributed by atoms with van der Waals surface area (Å²) in [6, 6.07) is 0.255. The van der Waals surface area contributed by atoms with Crippen LogP contribution in [0.2, 0.25) is 0 Å². The molecule has 4 atom stereocenters. The minimum Gasteiger partial charge on any atom is -0.306 e. The van der Waals surface area contributed by atoms with E-state index in [0.717, 1.165) is 38.8 Å². The Morgan fingerprint density at radius 1 is 1.35 bits per heavy atom. The van der Waals surface area contributed by atoms with E-state index in [1.807, 2.05) is 0 Å².